The molecule has 1 unspecified atom stereocenters. The number of carbonyl (C=O) groups is 2. The van der Waals surface area contributed by atoms with Gasteiger partial charge in [-0.2, -0.15) is 0 Å². The maximum Gasteiger partial charge on any atom is 0.326 e. The van der Waals surface area contributed by atoms with Crippen LogP contribution >= 0.6 is 34.2 Å². The van der Waals surface area contributed by atoms with E-state index in [1.807, 2.05) is 36.4 Å². The molecule has 1 atom stereocenters. The van der Waals surface area contributed by atoms with E-state index in [0.717, 1.165) is 14.7 Å². The van der Waals surface area contributed by atoms with Gasteiger partial charge >= 0.3 is 5.97 Å². The summed E-state index contributed by atoms with van der Waals surface area (Å²) >= 11 is 8.01. The van der Waals surface area contributed by atoms with Crippen LogP contribution in [-0.2, 0) is 22.4 Å². The Kier molecular flexibility index (Phi) is 7.05. The lowest BCUT2D eigenvalue weighted by atomic mass is 10.1. The van der Waals surface area contributed by atoms with Gasteiger partial charge in [-0.3, -0.25) is 4.79 Å². The number of benzene rings is 2. The number of hydrogen-bond acceptors (Lipinski definition) is 2. The molecule has 1 amide bonds. The van der Waals surface area contributed by atoms with Gasteiger partial charge in [-0.15, -0.1) is 0 Å². The van der Waals surface area contributed by atoms with Crippen LogP contribution in [0.4, 0.5) is 0 Å². The Balaban J connectivity index is 1.89. The first-order valence-electron chi connectivity index (χ1n) is 7.45. The van der Waals surface area contributed by atoms with Crippen molar-refractivity contribution in [2.75, 3.05) is 0 Å². The van der Waals surface area contributed by atoms with Crippen molar-refractivity contribution in [2.24, 2.45) is 0 Å². The van der Waals surface area contributed by atoms with Crippen molar-refractivity contribution < 1.29 is 14.7 Å². The number of rotatable bonds is 7. The minimum absolute atomic E-state index is 0.234. The molecule has 6 heteroatoms. The van der Waals surface area contributed by atoms with Crippen LogP contribution in [-0.4, -0.2) is 23.0 Å². The number of carboxylic acid groups (broad SMARTS) is 1. The minimum Gasteiger partial charge on any atom is -0.480 e. The fourth-order valence-corrected chi connectivity index (χ4v) is 2.72. The number of amides is 1. The molecule has 0 aliphatic heterocycles. The van der Waals surface area contributed by atoms with Gasteiger partial charge < -0.3 is 10.4 Å². The quantitative estimate of drug-likeness (QED) is 0.623. The second kappa shape index (κ2) is 9.03. The van der Waals surface area contributed by atoms with Gasteiger partial charge in [-0.25, -0.2) is 4.79 Å². The van der Waals surface area contributed by atoms with Gasteiger partial charge in [0.25, 0.3) is 0 Å². The zero-order valence-corrected chi connectivity index (χ0v) is 15.8. The van der Waals surface area contributed by atoms with Crippen molar-refractivity contribution in [1.29, 1.82) is 0 Å². The van der Waals surface area contributed by atoms with Crippen molar-refractivity contribution in [1.82, 2.24) is 5.32 Å². The zero-order chi connectivity index (χ0) is 17.5. The molecule has 2 aromatic carbocycles. The largest absolute Gasteiger partial charge is 0.480 e. The third kappa shape index (κ3) is 6.13. The van der Waals surface area contributed by atoms with E-state index < -0.39 is 12.0 Å². The lowest BCUT2D eigenvalue weighted by Gasteiger charge is -2.15. The molecule has 0 aromatic heterocycles. The predicted molar refractivity (Wildman–Crippen MR) is 102 cm³/mol. The average Bonchev–Trinajstić information content (AvgIpc) is 2.55. The van der Waals surface area contributed by atoms with Crippen molar-refractivity contribution in [3.8, 4) is 0 Å². The monoisotopic (exact) mass is 457 g/mol. The van der Waals surface area contributed by atoms with Gasteiger partial charge in [0.05, 0.1) is 0 Å². The Hall–Kier alpha value is -1.60. The van der Waals surface area contributed by atoms with Crippen LogP contribution in [0.25, 0.3) is 0 Å². The highest BCUT2D eigenvalue weighted by Gasteiger charge is 2.20. The Morgan fingerprint density at radius 3 is 2.21 bits per heavy atom. The molecule has 4 nitrogen and oxygen atoms in total. The van der Waals surface area contributed by atoms with Crippen molar-refractivity contribution in [2.45, 2.75) is 25.3 Å². The van der Waals surface area contributed by atoms with Crippen molar-refractivity contribution in [3.63, 3.8) is 0 Å². The molecule has 0 saturated heterocycles. The van der Waals surface area contributed by atoms with E-state index in [9.17, 15) is 14.7 Å². The van der Waals surface area contributed by atoms with Crippen LogP contribution in [0.1, 0.15) is 17.5 Å². The number of hydrogen-bond donors (Lipinski definition) is 2. The molecule has 24 heavy (non-hydrogen) atoms. The summed E-state index contributed by atoms with van der Waals surface area (Å²) in [7, 11) is 0. The SMILES string of the molecule is O=C(CCc1ccc(Cl)cc1)NC(Cc1ccc(I)cc1)C(=O)O. The number of aliphatic carboxylic acids is 1. The molecule has 0 radical (unpaired) electrons. The molecule has 0 saturated carbocycles. The smallest absolute Gasteiger partial charge is 0.326 e. The fraction of sp³-hybridized carbons (Fsp3) is 0.222. The van der Waals surface area contributed by atoms with Crippen molar-refractivity contribution in [3.05, 3.63) is 68.3 Å². The van der Waals surface area contributed by atoms with E-state index in [-0.39, 0.29) is 18.7 Å². The lowest BCUT2D eigenvalue weighted by molar-refractivity contribution is -0.141. The van der Waals surface area contributed by atoms with Crippen LogP contribution in [0.3, 0.4) is 0 Å². The summed E-state index contributed by atoms with van der Waals surface area (Å²) in [5, 5.41) is 12.6. The topological polar surface area (TPSA) is 66.4 Å². The minimum atomic E-state index is -1.03. The number of carbonyl (C=O) groups excluding carboxylic acids is 1. The van der Waals surface area contributed by atoms with Gasteiger partial charge in [-0.05, 0) is 64.4 Å². The maximum absolute atomic E-state index is 12.0. The average molecular weight is 458 g/mol. The van der Waals surface area contributed by atoms with Gasteiger partial charge in [0.2, 0.25) is 5.91 Å². The Morgan fingerprint density at radius 1 is 1.04 bits per heavy atom. The van der Waals surface area contributed by atoms with E-state index in [1.54, 1.807) is 12.1 Å². The molecular weight excluding hydrogens is 441 g/mol. The van der Waals surface area contributed by atoms with Crippen LogP contribution < -0.4 is 5.32 Å². The standard InChI is InChI=1S/C18H17ClINO3/c19-14-6-1-12(2-7-14)5-10-17(22)21-16(18(23)24)11-13-3-8-15(20)9-4-13/h1-4,6-9,16H,5,10-11H2,(H,21,22)(H,23,24). The molecule has 0 aliphatic rings. The molecule has 2 N–H and O–H groups in total. The van der Waals surface area contributed by atoms with Crippen LogP contribution in [0.5, 0.6) is 0 Å². The summed E-state index contributed by atoms with van der Waals surface area (Å²) in [6.45, 7) is 0. The summed E-state index contributed by atoms with van der Waals surface area (Å²) < 4.78 is 1.08. The lowest BCUT2D eigenvalue weighted by Crippen LogP contribution is -2.42. The van der Waals surface area contributed by atoms with Crippen molar-refractivity contribution >= 4 is 46.1 Å². The van der Waals surface area contributed by atoms with E-state index >= 15 is 0 Å². The zero-order valence-electron chi connectivity index (χ0n) is 12.8. The molecule has 0 spiro atoms. The number of halogens is 2. The number of nitrogens with one attached hydrogen (secondary N) is 1. The van der Waals surface area contributed by atoms with Crippen LogP contribution in [0.2, 0.25) is 5.02 Å². The molecule has 0 bridgehead atoms. The van der Waals surface area contributed by atoms with Gasteiger partial charge in [0.15, 0.2) is 0 Å². The van der Waals surface area contributed by atoms with E-state index in [0.29, 0.717) is 11.4 Å². The Morgan fingerprint density at radius 2 is 1.62 bits per heavy atom. The first-order chi connectivity index (χ1) is 11.4. The summed E-state index contributed by atoms with van der Waals surface area (Å²) in [5.41, 5.74) is 1.86. The van der Waals surface area contributed by atoms with Crippen LogP contribution in [0.15, 0.2) is 48.5 Å². The fourth-order valence-electron chi connectivity index (χ4n) is 2.23. The third-order valence-corrected chi connectivity index (χ3v) is 4.51. The van der Waals surface area contributed by atoms with E-state index in [2.05, 4.69) is 27.9 Å². The second-order valence-corrected chi connectivity index (χ2v) is 7.10. The summed E-state index contributed by atoms with van der Waals surface area (Å²) in [6.07, 6.45) is 1.04. The molecule has 126 valence electrons. The summed E-state index contributed by atoms with van der Waals surface area (Å²) in [6, 6.07) is 13.9. The van der Waals surface area contributed by atoms with Crippen LogP contribution in [0, 0.1) is 3.57 Å². The molecule has 0 fully saturated rings. The summed E-state index contributed by atoms with van der Waals surface area (Å²) in [5.74, 6) is -1.31. The number of aryl methyl sites for hydroxylation is 1. The molecule has 0 heterocycles. The third-order valence-electron chi connectivity index (χ3n) is 3.54. The molecular formula is C18H17ClINO3. The first-order valence-corrected chi connectivity index (χ1v) is 8.91. The Bertz CT molecular complexity index is 701. The first kappa shape index (κ1) is 18.7. The second-order valence-electron chi connectivity index (χ2n) is 5.42. The van der Waals surface area contributed by atoms with E-state index in [1.165, 1.54) is 0 Å². The molecule has 2 rings (SSSR count). The Labute approximate surface area is 159 Å². The highest BCUT2D eigenvalue weighted by Crippen LogP contribution is 2.12. The van der Waals surface area contributed by atoms with Gasteiger partial charge in [-0.1, -0.05) is 35.9 Å². The highest BCUT2D eigenvalue weighted by atomic mass is 127. The number of carboxylic acids is 1. The maximum atomic E-state index is 12.0. The predicted octanol–water partition coefficient (Wildman–Crippen LogP) is 3.69. The molecule has 2 aromatic rings. The molecule has 0 aliphatic carbocycles. The van der Waals surface area contributed by atoms with Gasteiger partial charge in [0.1, 0.15) is 6.04 Å². The highest BCUT2D eigenvalue weighted by molar-refractivity contribution is 14.1. The van der Waals surface area contributed by atoms with E-state index in [4.69, 9.17) is 11.6 Å². The summed E-state index contributed by atoms with van der Waals surface area (Å²) in [4.78, 5) is 23.4. The normalized spacial score (nSPS) is 11.8. The van der Waals surface area contributed by atoms with Gasteiger partial charge in [0, 0.05) is 21.4 Å².